The van der Waals surface area contributed by atoms with Gasteiger partial charge in [-0.3, -0.25) is 14.5 Å². The van der Waals surface area contributed by atoms with E-state index >= 15 is 0 Å². The predicted molar refractivity (Wildman–Crippen MR) is 119 cm³/mol. The molecule has 0 saturated carbocycles. The van der Waals surface area contributed by atoms with E-state index in [0.29, 0.717) is 54.6 Å². The second kappa shape index (κ2) is 10.6. The molecule has 0 spiro atoms. The molecule has 1 heterocycles. The van der Waals surface area contributed by atoms with Gasteiger partial charge in [-0.25, -0.2) is 0 Å². The molecule has 0 radical (unpaired) electrons. The molecule has 0 atom stereocenters. The highest BCUT2D eigenvalue weighted by molar-refractivity contribution is 6.36. The molecule has 7 heteroatoms. The summed E-state index contributed by atoms with van der Waals surface area (Å²) in [6.07, 6.45) is 0.573. The van der Waals surface area contributed by atoms with Crippen LogP contribution in [0.4, 0.5) is 5.69 Å². The molecule has 3 rings (SSSR count). The maximum atomic E-state index is 13.2. The molecule has 0 aromatic heterocycles. The van der Waals surface area contributed by atoms with Gasteiger partial charge < -0.3 is 19.5 Å². The van der Waals surface area contributed by atoms with Crippen molar-refractivity contribution >= 4 is 23.1 Å². The Morgan fingerprint density at radius 3 is 2.35 bits per heavy atom. The van der Waals surface area contributed by atoms with E-state index in [4.69, 9.17) is 14.2 Å². The molecule has 2 amide bonds. The fraction of sp³-hybridized carbons (Fsp3) is 0.333. The normalized spacial score (nSPS) is 13.7. The number of methoxy groups -OCH3 is 1. The minimum atomic E-state index is -0.365. The van der Waals surface area contributed by atoms with Gasteiger partial charge in [-0.05, 0) is 50.1 Å². The molecule has 0 unspecified atom stereocenters. The van der Waals surface area contributed by atoms with Gasteiger partial charge in [0.2, 0.25) is 0 Å². The minimum absolute atomic E-state index is 0.232. The first kappa shape index (κ1) is 22.4. The molecule has 0 bridgehead atoms. The van der Waals surface area contributed by atoms with Gasteiger partial charge in [0.1, 0.15) is 17.2 Å². The molecule has 7 nitrogen and oxygen atoms in total. The van der Waals surface area contributed by atoms with Gasteiger partial charge in [-0.15, -0.1) is 0 Å². The lowest BCUT2D eigenvalue weighted by atomic mass is 10.0. The number of amides is 2. The van der Waals surface area contributed by atoms with Crippen molar-refractivity contribution in [1.29, 1.82) is 0 Å². The SMILES string of the molecule is CCOCCCN1C(=O)C(Nc2ccccc2OC)=C(c2ccc(OCC)cc2)C1=O. The number of carbonyl (C=O) groups excluding carboxylic acids is 2. The number of imide groups is 1. The van der Waals surface area contributed by atoms with Crippen LogP contribution in [0, 0.1) is 0 Å². The van der Waals surface area contributed by atoms with Crippen LogP contribution in [0.5, 0.6) is 11.5 Å². The highest BCUT2D eigenvalue weighted by Gasteiger charge is 2.39. The molecule has 1 aliphatic rings. The van der Waals surface area contributed by atoms with E-state index in [1.54, 1.807) is 43.5 Å². The average molecular weight is 424 g/mol. The van der Waals surface area contributed by atoms with Crippen LogP contribution in [-0.4, -0.2) is 50.2 Å². The largest absolute Gasteiger partial charge is 0.495 e. The van der Waals surface area contributed by atoms with Crippen molar-refractivity contribution in [3.8, 4) is 11.5 Å². The van der Waals surface area contributed by atoms with Crippen molar-refractivity contribution in [2.24, 2.45) is 0 Å². The number of hydrogen-bond acceptors (Lipinski definition) is 6. The Balaban J connectivity index is 1.96. The van der Waals surface area contributed by atoms with Crippen LogP contribution in [0.25, 0.3) is 5.57 Å². The molecular formula is C24H28N2O5. The van der Waals surface area contributed by atoms with Gasteiger partial charge in [0.25, 0.3) is 11.8 Å². The lowest BCUT2D eigenvalue weighted by Crippen LogP contribution is -2.34. The Kier molecular flexibility index (Phi) is 7.67. The van der Waals surface area contributed by atoms with Gasteiger partial charge in [-0.2, -0.15) is 0 Å². The van der Waals surface area contributed by atoms with E-state index in [1.807, 2.05) is 26.0 Å². The first-order valence-electron chi connectivity index (χ1n) is 10.4. The maximum absolute atomic E-state index is 13.2. The second-order valence-electron chi connectivity index (χ2n) is 6.85. The Labute approximate surface area is 182 Å². The highest BCUT2D eigenvalue weighted by atomic mass is 16.5. The van der Waals surface area contributed by atoms with E-state index in [9.17, 15) is 9.59 Å². The number of ether oxygens (including phenoxy) is 3. The van der Waals surface area contributed by atoms with Crippen LogP contribution in [0.2, 0.25) is 0 Å². The fourth-order valence-electron chi connectivity index (χ4n) is 3.40. The number of rotatable bonds is 11. The van der Waals surface area contributed by atoms with Gasteiger partial charge in [-0.1, -0.05) is 24.3 Å². The standard InChI is InChI=1S/C24H28N2O5/c1-4-30-16-8-15-26-23(27)21(17-11-13-18(14-12-17)31-5-2)22(24(26)28)25-19-9-6-7-10-20(19)29-3/h6-7,9-14,25H,4-5,8,15-16H2,1-3H3. The zero-order chi connectivity index (χ0) is 22.2. The molecule has 2 aromatic carbocycles. The van der Waals surface area contributed by atoms with E-state index in [-0.39, 0.29) is 24.1 Å². The van der Waals surface area contributed by atoms with E-state index in [2.05, 4.69) is 5.32 Å². The summed E-state index contributed by atoms with van der Waals surface area (Å²) in [5, 5.41) is 3.14. The molecule has 0 fully saturated rings. The molecular weight excluding hydrogens is 396 g/mol. The van der Waals surface area contributed by atoms with E-state index in [1.165, 1.54) is 4.90 Å². The molecule has 1 aliphatic heterocycles. The van der Waals surface area contributed by atoms with E-state index in [0.717, 1.165) is 0 Å². The van der Waals surface area contributed by atoms with Gasteiger partial charge in [0.15, 0.2) is 0 Å². The topological polar surface area (TPSA) is 77.1 Å². The molecule has 31 heavy (non-hydrogen) atoms. The third-order valence-electron chi connectivity index (χ3n) is 4.86. The third-order valence-corrected chi connectivity index (χ3v) is 4.86. The number of carbonyl (C=O) groups is 2. The van der Waals surface area contributed by atoms with Gasteiger partial charge >= 0.3 is 0 Å². The molecule has 1 N–H and O–H groups in total. The maximum Gasteiger partial charge on any atom is 0.278 e. The zero-order valence-corrected chi connectivity index (χ0v) is 18.1. The highest BCUT2D eigenvalue weighted by Crippen LogP contribution is 2.33. The summed E-state index contributed by atoms with van der Waals surface area (Å²) in [4.78, 5) is 27.7. The fourth-order valence-corrected chi connectivity index (χ4v) is 3.40. The van der Waals surface area contributed by atoms with Crippen molar-refractivity contribution in [2.45, 2.75) is 20.3 Å². The van der Waals surface area contributed by atoms with Crippen LogP contribution in [0.3, 0.4) is 0 Å². The smallest absolute Gasteiger partial charge is 0.278 e. The zero-order valence-electron chi connectivity index (χ0n) is 18.1. The van der Waals surface area contributed by atoms with Crippen molar-refractivity contribution in [1.82, 2.24) is 4.90 Å². The lowest BCUT2D eigenvalue weighted by molar-refractivity contribution is -0.137. The summed E-state index contributed by atoms with van der Waals surface area (Å²) in [5.74, 6) is 0.590. The van der Waals surface area contributed by atoms with Crippen molar-refractivity contribution in [3.63, 3.8) is 0 Å². The van der Waals surface area contributed by atoms with E-state index < -0.39 is 0 Å². The van der Waals surface area contributed by atoms with Crippen molar-refractivity contribution < 1.29 is 23.8 Å². The summed E-state index contributed by atoms with van der Waals surface area (Å²) >= 11 is 0. The quantitative estimate of drug-likeness (QED) is 0.438. The summed E-state index contributed by atoms with van der Waals surface area (Å²) < 4.78 is 16.2. The number of hydrogen-bond donors (Lipinski definition) is 1. The van der Waals surface area contributed by atoms with Crippen LogP contribution < -0.4 is 14.8 Å². The molecule has 164 valence electrons. The monoisotopic (exact) mass is 424 g/mol. The number of benzene rings is 2. The first-order chi connectivity index (χ1) is 15.1. The predicted octanol–water partition coefficient (Wildman–Crippen LogP) is 3.71. The summed E-state index contributed by atoms with van der Waals surface area (Å²) in [6, 6.07) is 14.4. The lowest BCUT2D eigenvalue weighted by Gasteiger charge is -2.15. The third kappa shape index (κ3) is 5.06. The van der Waals surface area contributed by atoms with Crippen LogP contribution >= 0.6 is 0 Å². The Hall–Kier alpha value is -3.32. The summed E-state index contributed by atoms with van der Waals surface area (Å²) in [5.41, 5.74) is 1.82. The van der Waals surface area contributed by atoms with Crippen LogP contribution in [-0.2, 0) is 14.3 Å². The van der Waals surface area contributed by atoms with Crippen molar-refractivity contribution in [2.75, 3.05) is 38.8 Å². The Bertz CT molecular complexity index is 953. The molecule has 2 aromatic rings. The van der Waals surface area contributed by atoms with Crippen LogP contribution in [0.1, 0.15) is 25.8 Å². The number of nitrogens with zero attached hydrogens (tertiary/aromatic N) is 1. The van der Waals surface area contributed by atoms with Gasteiger partial charge in [0, 0.05) is 19.8 Å². The summed E-state index contributed by atoms with van der Waals surface area (Å²) in [6.45, 7) is 5.74. The summed E-state index contributed by atoms with van der Waals surface area (Å²) in [7, 11) is 1.56. The number of anilines is 1. The van der Waals surface area contributed by atoms with Gasteiger partial charge in [0.05, 0.1) is 25.0 Å². The second-order valence-corrected chi connectivity index (χ2v) is 6.85. The Morgan fingerprint density at radius 2 is 1.68 bits per heavy atom. The molecule has 0 aliphatic carbocycles. The Morgan fingerprint density at radius 1 is 0.935 bits per heavy atom. The average Bonchev–Trinajstić information content (AvgIpc) is 3.02. The number of nitrogens with one attached hydrogen (secondary N) is 1. The molecule has 0 saturated heterocycles. The van der Waals surface area contributed by atoms with Crippen LogP contribution in [0.15, 0.2) is 54.2 Å². The minimum Gasteiger partial charge on any atom is -0.495 e. The van der Waals surface area contributed by atoms with Crippen molar-refractivity contribution in [3.05, 3.63) is 59.8 Å². The first-order valence-corrected chi connectivity index (χ1v) is 10.4. The number of para-hydroxylation sites is 2.